The molecule has 32 heavy (non-hydrogen) atoms. The third-order valence-corrected chi connectivity index (χ3v) is 8.00. The molecule has 0 radical (unpaired) electrons. The largest absolute Gasteiger partial charge is 0.482 e. The average molecular weight is 449 g/mol. The van der Waals surface area contributed by atoms with Crippen LogP contribution < -0.4 is 14.9 Å². The first-order valence-corrected chi connectivity index (χ1v) is 12.7. The Labute approximate surface area is 191 Å². The molecule has 2 heterocycles. The van der Waals surface area contributed by atoms with Gasteiger partial charge in [-0.05, 0) is 55.7 Å². The molecule has 2 fully saturated rings. The molecule has 2 aromatic rings. The summed E-state index contributed by atoms with van der Waals surface area (Å²) in [5.74, 6) is 2.44. The Morgan fingerprint density at radius 1 is 1.16 bits per heavy atom. The summed E-state index contributed by atoms with van der Waals surface area (Å²) in [6.07, 6.45) is 15.5. The number of nitrogens with one attached hydrogen (secondary N) is 1. The van der Waals surface area contributed by atoms with Crippen LogP contribution in [0.3, 0.4) is 0 Å². The van der Waals surface area contributed by atoms with Crippen LogP contribution in [0, 0.1) is 17.8 Å². The molecule has 1 aromatic carbocycles. The highest BCUT2D eigenvalue weighted by molar-refractivity contribution is 7.07. The Morgan fingerprint density at radius 2 is 2.06 bits per heavy atom. The van der Waals surface area contributed by atoms with Gasteiger partial charge in [0.05, 0.1) is 17.4 Å². The highest BCUT2D eigenvalue weighted by Gasteiger charge is 2.34. The second-order valence-electron chi connectivity index (χ2n) is 9.39. The van der Waals surface area contributed by atoms with Crippen LogP contribution in [0.1, 0.15) is 44.9 Å². The summed E-state index contributed by atoms with van der Waals surface area (Å²) in [6, 6.07) is 6.33. The van der Waals surface area contributed by atoms with Gasteiger partial charge in [0.2, 0.25) is 4.80 Å². The standard InChI is InChI=1S/C25H28N4O2S/c30-24-14-31-23-9-8-18(12-21(23)28-24)22-15-32-25(27-20-4-2-1-3-5-20)29(22)26-13-19-11-16-6-7-17(19)10-16/h6-9,12-13,15-17,19-20H,1-5,10-11,14H2,(H,28,30). The third-order valence-electron chi connectivity index (χ3n) is 7.17. The molecule has 3 unspecified atom stereocenters. The number of ether oxygens (including phenoxy) is 1. The van der Waals surface area contributed by atoms with Crippen molar-refractivity contribution in [3.8, 4) is 17.0 Å². The number of carbonyl (C=O) groups is 1. The van der Waals surface area contributed by atoms with Crippen molar-refractivity contribution in [2.24, 2.45) is 27.8 Å². The Morgan fingerprint density at radius 3 is 2.88 bits per heavy atom. The molecule has 3 atom stereocenters. The molecule has 6 nitrogen and oxygen atoms in total. The second kappa shape index (κ2) is 8.35. The number of allylic oxidation sites excluding steroid dienone is 2. The SMILES string of the molecule is O=C1COc2ccc(-c3csc(=NC4CCCCC4)n3N=CC3CC4C=CC3C4)cc2N1. The maximum absolute atomic E-state index is 11.8. The Kier molecular flexibility index (Phi) is 5.21. The van der Waals surface area contributed by atoms with E-state index in [1.165, 1.54) is 32.1 Å². The number of anilines is 1. The van der Waals surface area contributed by atoms with Crippen LogP contribution in [-0.4, -0.2) is 29.4 Å². The number of carbonyl (C=O) groups excluding carboxylic acids is 1. The molecule has 1 aromatic heterocycles. The molecule has 7 heteroatoms. The summed E-state index contributed by atoms with van der Waals surface area (Å²) in [4.78, 5) is 17.9. The molecular formula is C25H28N4O2S. The van der Waals surface area contributed by atoms with Gasteiger partial charge in [0, 0.05) is 23.1 Å². The van der Waals surface area contributed by atoms with E-state index >= 15 is 0 Å². The minimum absolute atomic E-state index is 0.0670. The van der Waals surface area contributed by atoms with Gasteiger partial charge >= 0.3 is 0 Å². The number of thiazole rings is 1. The molecule has 1 aliphatic heterocycles. The van der Waals surface area contributed by atoms with Gasteiger partial charge < -0.3 is 10.1 Å². The summed E-state index contributed by atoms with van der Waals surface area (Å²) < 4.78 is 7.55. The van der Waals surface area contributed by atoms with Crippen molar-refractivity contribution < 1.29 is 9.53 Å². The van der Waals surface area contributed by atoms with Gasteiger partial charge in [-0.2, -0.15) is 5.10 Å². The molecule has 1 N–H and O–H groups in total. The summed E-state index contributed by atoms with van der Waals surface area (Å²) in [5, 5.41) is 10.0. The summed E-state index contributed by atoms with van der Waals surface area (Å²) >= 11 is 1.65. The van der Waals surface area contributed by atoms with E-state index in [0.29, 0.717) is 29.3 Å². The Hall–Kier alpha value is -2.67. The minimum atomic E-state index is -0.122. The third kappa shape index (κ3) is 3.83. The first-order chi connectivity index (χ1) is 15.7. The van der Waals surface area contributed by atoms with E-state index in [1.54, 1.807) is 11.3 Å². The summed E-state index contributed by atoms with van der Waals surface area (Å²) in [5.41, 5.74) is 2.72. The molecule has 6 rings (SSSR count). The van der Waals surface area contributed by atoms with Crippen LogP contribution in [0.25, 0.3) is 11.3 Å². The van der Waals surface area contributed by atoms with Crippen LogP contribution >= 0.6 is 11.3 Å². The van der Waals surface area contributed by atoms with E-state index in [4.69, 9.17) is 14.8 Å². The van der Waals surface area contributed by atoms with Gasteiger partial charge in [0.15, 0.2) is 6.61 Å². The normalized spacial score (nSPS) is 27.7. The van der Waals surface area contributed by atoms with Gasteiger partial charge in [0.1, 0.15) is 5.75 Å². The van der Waals surface area contributed by atoms with Crippen LogP contribution in [0.4, 0.5) is 5.69 Å². The summed E-state index contributed by atoms with van der Waals surface area (Å²) in [6.45, 7) is 0.0670. The van der Waals surface area contributed by atoms with Crippen LogP contribution in [0.15, 0.2) is 45.8 Å². The van der Waals surface area contributed by atoms with Crippen LogP contribution in [0.5, 0.6) is 5.75 Å². The molecule has 2 bridgehead atoms. The van der Waals surface area contributed by atoms with Crippen molar-refractivity contribution in [3.05, 3.63) is 40.5 Å². The number of hydrogen-bond donors (Lipinski definition) is 1. The number of fused-ring (bicyclic) bond motifs is 3. The van der Waals surface area contributed by atoms with Gasteiger partial charge in [0.25, 0.3) is 5.91 Å². The van der Waals surface area contributed by atoms with Crippen molar-refractivity contribution in [2.45, 2.75) is 51.0 Å². The fraction of sp³-hybridized carbons (Fsp3) is 0.480. The van der Waals surface area contributed by atoms with E-state index in [-0.39, 0.29) is 12.5 Å². The monoisotopic (exact) mass is 448 g/mol. The van der Waals surface area contributed by atoms with Crippen LogP contribution in [0.2, 0.25) is 0 Å². The van der Waals surface area contributed by atoms with Crippen molar-refractivity contribution in [1.82, 2.24) is 4.68 Å². The van der Waals surface area contributed by atoms with E-state index < -0.39 is 0 Å². The number of nitrogens with zero attached hydrogens (tertiary/aromatic N) is 3. The summed E-state index contributed by atoms with van der Waals surface area (Å²) in [7, 11) is 0. The van der Waals surface area contributed by atoms with Crippen molar-refractivity contribution in [3.63, 3.8) is 0 Å². The highest BCUT2D eigenvalue weighted by atomic mass is 32.1. The van der Waals surface area contributed by atoms with Gasteiger partial charge in [-0.15, -0.1) is 11.3 Å². The number of hydrogen-bond acceptors (Lipinski definition) is 5. The topological polar surface area (TPSA) is 68.0 Å². The number of rotatable bonds is 4. The van der Waals surface area contributed by atoms with E-state index in [0.717, 1.165) is 34.8 Å². The molecule has 3 aliphatic carbocycles. The quantitative estimate of drug-likeness (QED) is 0.538. The molecule has 0 spiro atoms. The zero-order valence-corrected chi connectivity index (χ0v) is 18.9. The van der Waals surface area contributed by atoms with Gasteiger partial charge in [-0.3, -0.25) is 9.79 Å². The molecule has 2 saturated carbocycles. The van der Waals surface area contributed by atoms with Crippen molar-refractivity contribution >= 4 is 29.1 Å². The van der Waals surface area contributed by atoms with E-state index in [1.807, 2.05) is 22.9 Å². The maximum atomic E-state index is 11.8. The Bertz CT molecular complexity index is 1150. The van der Waals surface area contributed by atoms with Crippen LogP contribution in [-0.2, 0) is 4.79 Å². The van der Waals surface area contributed by atoms with Gasteiger partial charge in [-0.1, -0.05) is 31.4 Å². The molecule has 4 aliphatic rings. The van der Waals surface area contributed by atoms with Crippen molar-refractivity contribution in [1.29, 1.82) is 0 Å². The lowest BCUT2D eigenvalue weighted by atomic mass is 9.95. The predicted molar refractivity (Wildman–Crippen MR) is 127 cm³/mol. The first-order valence-electron chi connectivity index (χ1n) is 11.8. The predicted octanol–water partition coefficient (Wildman–Crippen LogP) is 4.83. The zero-order chi connectivity index (χ0) is 21.5. The molecular weight excluding hydrogens is 420 g/mol. The van der Waals surface area contributed by atoms with E-state index in [2.05, 4.69) is 29.1 Å². The number of amides is 1. The Balaban J connectivity index is 1.38. The lowest BCUT2D eigenvalue weighted by molar-refractivity contribution is -0.118. The van der Waals surface area contributed by atoms with Crippen molar-refractivity contribution in [2.75, 3.05) is 11.9 Å². The minimum Gasteiger partial charge on any atom is -0.482 e. The first kappa shape index (κ1) is 20.0. The maximum Gasteiger partial charge on any atom is 0.262 e. The lowest BCUT2D eigenvalue weighted by Crippen LogP contribution is -2.25. The number of aromatic nitrogens is 1. The highest BCUT2D eigenvalue weighted by Crippen LogP contribution is 2.42. The molecule has 0 saturated heterocycles. The zero-order valence-electron chi connectivity index (χ0n) is 18.1. The molecule has 166 valence electrons. The number of benzene rings is 1. The lowest BCUT2D eigenvalue weighted by Gasteiger charge is -2.19. The van der Waals surface area contributed by atoms with Gasteiger partial charge in [-0.25, -0.2) is 4.68 Å². The fourth-order valence-electron chi connectivity index (χ4n) is 5.45. The smallest absolute Gasteiger partial charge is 0.262 e. The van der Waals surface area contributed by atoms with E-state index in [9.17, 15) is 4.79 Å². The fourth-order valence-corrected chi connectivity index (χ4v) is 6.36. The molecule has 1 amide bonds. The second-order valence-corrected chi connectivity index (χ2v) is 10.2. The average Bonchev–Trinajstić information content (AvgIpc) is 3.54.